The number of rotatable bonds is 4. The van der Waals surface area contributed by atoms with Gasteiger partial charge in [0.05, 0.1) is 19.3 Å². The second kappa shape index (κ2) is 6.04. The molecule has 0 bridgehead atoms. The number of nitrogens with zero attached hydrogens (tertiary/aromatic N) is 1. The quantitative estimate of drug-likeness (QED) is 0.905. The number of hydrogen-bond donors (Lipinski definition) is 1. The molecule has 1 aromatic rings. The summed E-state index contributed by atoms with van der Waals surface area (Å²) < 4.78 is 5.99. The predicted octanol–water partition coefficient (Wildman–Crippen LogP) is 2.44. The molecule has 2 atom stereocenters. The van der Waals surface area contributed by atoms with Crippen LogP contribution in [0.5, 0.6) is 0 Å². The molecule has 0 saturated carbocycles. The molecule has 0 radical (unpaired) electrons. The lowest BCUT2D eigenvalue weighted by Gasteiger charge is -2.36. The molecule has 1 aliphatic rings. The summed E-state index contributed by atoms with van der Waals surface area (Å²) in [5, 5.41) is 9.51. The van der Waals surface area contributed by atoms with E-state index in [1.54, 1.807) is 0 Å². The predicted molar refractivity (Wildman–Crippen MR) is 77.0 cm³/mol. The van der Waals surface area contributed by atoms with Crippen molar-refractivity contribution in [1.82, 2.24) is 4.90 Å². The Balaban J connectivity index is 1.90. The zero-order valence-electron chi connectivity index (χ0n) is 12.2. The fraction of sp³-hybridized carbons (Fsp3) is 0.625. The minimum absolute atomic E-state index is 0.0816. The van der Waals surface area contributed by atoms with Crippen LogP contribution in [0.2, 0.25) is 0 Å². The first-order valence-electron chi connectivity index (χ1n) is 7.04. The standard InChI is InChI=1S/C16H25NO2/c1-16(2,3)17-10-15(9-14(17)11-18)19-12-13-7-5-4-6-8-13/h4-8,14-15,18H,9-12H2,1-3H3/t14-,15+/m0/s1. The van der Waals surface area contributed by atoms with E-state index in [1.807, 2.05) is 18.2 Å². The van der Waals surface area contributed by atoms with Gasteiger partial charge in [-0.25, -0.2) is 0 Å². The molecule has 1 saturated heterocycles. The van der Waals surface area contributed by atoms with Gasteiger partial charge in [-0.3, -0.25) is 4.90 Å². The van der Waals surface area contributed by atoms with E-state index >= 15 is 0 Å². The molecule has 3 heteroatoms. The fourth-order valence-corrected chi connectivity index (χ4v) is 2.78. The van der Waals surface area contributed by atoms with Crippen LogP contribution in [-0.2, 0) is 11.3 Å². The maximum atomic E-state index is 9.51. The Morgan fingerprint density at radius 2 is 1.95 bits per heavy atom. The first kappa shape index (κ1) is 14.5. The molecule has 0 spiro atoms. The van der Waals surface area contributed by atoms with Gasteiger partial charge in [-0.05, 0) is 32.8 Å². The number of aliphatic hydroxyl groups excluding tert-OH is 1. The second-order valence-electron chi connectivity index (χ2n) is 6.31. The highest BCUT2D eigenvalue weighted by atomic mass is 16.5. The van der Waals surface area contributed by atoms with Gasteiger partial charge in [-0.15, -0.1) is 0 Å². The number of likely N-dealkylation sites (tertiary alicyclic amines) is 1. The van der Waals surface area contributed by atoms with Crippen molar-refractivity contribution >= 4 is 0 Å². The van der Waals surface area contributed by atoms with Crippen molar-refractivity contribution in [3.63, 3.8) is 0 Å². The highest BCUT2D eigenvalue weighted by molar-refractivity contribution is 5.13. The molecule has 1 N–H and O–H groups in total. The molecule has 106 valence electrons. The van der Waals surface area contributed by atoms with Gasteiger partial charge >= 0.3 is 0 Å². The van der Waals surface area contributed by atoms with Crippen LogP contribution >= 0.6 is 0 Å². The molecule has 1 fully saturated rings. The Kier molecular flexibility index (Phi) is 4.61. The second-order valence-corrected chi connectivity index (χ2v) is 6.31. The molecule has 0 unspecified atom stereocenters. The smallest absolute Gasteiger partial charge is 0.0722 e. The molecule has 1 aromatic carbocycles. The summed E-state index contributed by atoms with van der Waals surface area (Å²) in [5.74, 6) is 0. The third-order valence-electron chi connectivity index (χ3n) is 3.78. The van der Waals surface area contributed by atoms with Crippen LogP contribution in [0.3, 0.4) is 0 Å². The fourth-order valence-electron chi connectivity index (χ4n) is 2.78. The third kappa shape index (κ3) is 3.78. The van der Waals surface area contributed by atoms with Crippen molar-refractivity contribution in [1.29, 1.82) is 0 Å². The minimum Gasteiger partial charge on any atom is -0.395 e. The molecule has 1 aliphatic heterocycles. The van der Waals surface area contributed by atoms with Crippen LogP contribution < -0.4 is 0 Å². The van der Waals surface area contributed by atoms with Gasteiger partial charge < -0.3 is 9.84 Å². The summed E-state index contributed by atoms with van der Waals surface area (Å²) >= 11 is 0. The lowest BCUT2D eigenvalue weighted by Crippen LogP contribution is -2.46. The summed E-state index contributed by atoms with van der Waals surface area (Å²) in [6.45, 7) is 8.34. The Hall–Kier alpha value is -0.900. The highest BCUT2D eigenvalue weighted by Gasteiger charge is 2.38. The van der Waals surface area contributed by atoms with Crippen LogP contribution in [0.1, 0.15) is 32.8 Å². The van der Waals surface area contributed by atoms with Crippen LogP contribution in [0.15, 0.2) is 30.3 Å². The molecule has 1 heterocycles. The van der Waals surface area contributed by atoms with Gasteiger partial charge in [0.15, 0.2) is 0 Å². The van der Waals surface area contributed by atoms with Gasteiger partial charge in [0.25, 0.3) is 0 Å². The number of hydrogen-bond acceptors (Lipinski definition) is 3. The topological polar surface area (TPSA) is 32.7 Å². The van der Waals surface area contributed by atoms with Gasteiger partial charge in [-0.1, -0.05) is 30.3 Å². The number of benzene rings is 1. The highest BCUT2D eigenvalue weighted by Crippen LogP contribution is 2.28. The van der Waals surface area contributed by atoms with Crippen molar-refractivity contribution in [3.05, 3.63) is 35.9 Å². The Morgan fingerprint density at radius 1 is 1.26 bits per heavy atom. The van der Waals surface area contributed by atoms with E-state index in [9.17, 15) is 5.11 Å². The lowest BCUT2D eigenvalue weighted by molar-refractivity contribution is 0.0354. The molecule has 2 rings (SSSR count). The van der Waals surface area contributed by atoms with E-state index in [0.717, 1.165) is 13.0 Å². The van der Waals surface area contributed by atoms with E-state index in [1.165, 1.54) is 5.56 Å². The van der Waals surface area contributed by atoms with Crippen molar-refractivity contribution < 1.29 is 9.84 Å². The van der Waals surface area contributed by atoms with Gasteiger partial charge in [0.1, 0.15) is 0 Å². The third-order valence-corrected chi connectivity index (χ3v) is 3.78. The van der Waals surface area contributed by atoms with Crippen molar-refractivity contribution in [3.8, 4) is 0 Å². The molecule has 19 heavy (non-hydrogen) atoms. The van der Waals surface area contributed by atoms with Crippen LogP contribution in [0, 0.1) is 0 Å². The Morgan fingerprint density at radius 3 is 2.47 bits per heavy atom. The average Bonchev–Trinajstić information content (AvgIpc) is 2.81. The molecular formula is C16H25NO2. The van der Waals surface area contributed by atoms with Crippen molar-refractivity contribution in [2.45, 2.75) is 51.5 Å². The summed E-state index contributed by atoms with van der Waals surface area (Å²) in [6, 6.07) is 10.5. The van der Waals surface area contributed by atoms with Gasteiger partial charge in [-0.2, -0.15) is 0 Å². The van der Waals surface area contributed by atoms with E-state index < -0.39 is 0 Å². The summed E-state index contributed by atoms with van der Waals surface area (Å²) in [7, 11) is 0. The van der Waals surface area contributed by atoms with Gasteiger partial charge in [0, 0.05) is 18.1 Å². The zero-order chi connectivity index (χ0) is 13.9. The maximum absolute atomic E-state index is 9.51. The first-order chi connectivity index (χ1) is 9.00. The van der Waals surface area contributed by atoms with E-state index in [2.05, 4.69) is 37.8 Å². The van der Waals surface area contributed by atoms with Crippen molar-refractivity contribution in [2.75, 3.05) is 13.2 Å². The summed E-state index contributed by atoms with van der Waals surface area (Å²) in [5.41, 5.74) is 1.29. The van der Waals surface area contributed by atoms with Crippen molar-refractivity contribution in [2.24, 2.45) is 0 Å². The van der Waals surface area contributed by atoms with E-state index in [4.69, 9.17) is 4.74 Å². The van der Waals surface area contributed by atoms with Crippen LogP contribution in [0.4, 0.5) is 0 Å². The number of ether oxygens (including phenoxy) is 1. The molecular weight excluding hydrogens is 238 g/mol. The maximum Gasteiger partial charge on any atom is 0.0722 e. The summed E-state index contributed by atoms with van der Waals surface area (Å²) in [4.78, 5) is 2.35. The van der Waals surface area contributed by atoms with Crippen LogP contribution in [0.25, 0.3) is 0 Å². The molecule has 0 aliphatic carbocycles. The minimum atomic E-state index is 0.0816. The Labute approximate surface area is 116 Å². The monoisotopic (exact) mass is 263 g/mol. The lowest BCUT2D eigenvalue weighted by atomic mass is 10.1. The SMILES string of the molecule is CC(C)(C)N1C[C@H](OCc2ccccc2)C[C@H]1CO. The molecule has 3 nitrogen and oxygen atoms in total. The first-order valence-corrected chi connectivity index (χ1v) is 7.04. The number of aliphatic hydroxyl groups is 1. The normalized spacial score (nSPS) is 24.8. The van der Waals surface area contributed by atoms with Crippen LogP contribution in [-0.4, -0.2) is 40.8 Å². The molecule has 0 amide bonds. The average molecular weight is 263 g/mol. The van der Waals surface area contributed by atoms with Gasteiger partial charge in [0.2, 0.25) is 0 Å². The zero-order valence-corrected chi connectivity index (χ0v) is 12.2. The molecule has 0 aromatic heterocycles. The van der Waals surface area contributed by atoms with E-state index in [0.29, 0.717) is 6.61 Å². The summed E-state index contributed by atoms with van der Waals surface area (Å²) in [6.07, 6.45) is 1.14. The largest absolute Gasteiger partial charge is 0.395 e. The van der Waals surface area contributed by atoms with E-state index in [-0.39, 0.29) is 24.3 Å². The Bertz CT molecular complexity index is 385.